The molecule has 0 radical (unpaired) electrons. The van der Waals surface area contributed by atoms with Crippen LogP contribution in [0, 0.1) is 0 Å². The molecule has 20 heavy (non-hydrogen) atoms. The number of thiazole rings is 1. The Bertz CT molecular complexity index is 518. The lowest BCUT2D eigenvalue weighted by molar-refractivity contribution is 0.375. The molecule has 0 bridgehead atoms. The summed E-state index contributed by atoms with van der Waals surface area (Å²) in [6.45, 7) is 1.04. The zero-order chi connectivity index (χ0) is 13.6. The molecule has 2 heterocycles. The Morgan fingerprint density at radius 1 is 1.15 bits per heavy atom. The van der Waals surface area contributed by atoms with Gasteiger partial charge in [-0.3, -0.25) is 4.98 Å². The topological polar surface area (TPSA) is 37.8 Å². The summed E-state index contributed by atoms with van der Waals surface area (Å²) in [5.41, 5.74) is 1.97. The lowest BCUT2D eigenvalue weighted by Crippen LogP contribution is -2.32. The summed E-state index contributed by atoms with van der Waals surface area (Å²) >= 11 is 1.74. The van der Waals surface area contributed by atoms with Gasteiger partial charge in [0, 0.05) is 30.6 Å². The van der Waals surface area contributed by atoms with Gasteiger partial charge in [0.15, 0.2) is 0 Å². The second-order valence-corrected chi connectivity index (χ2v) is 6.32. The van der Waals surface area contributed by atoms with Crippen LogP contribution < -0.4 is 5.32 Å². The number of nitrogens with one attached hydrogen (secondary N) is 1. The first-order valence-electron chi connectivity index (χ1n) is 7.51. The molecule has 1 fully saturated rings. The van der Waals surface area contributed by atoms with E-state index < -0.39 is 0 Å². The summed E-state index contributed by atoms with van der Waals surface area (Å²) < 4.78 is 0. The Kier molecular flexibility index (Phi) is 4.77. The first kappa shape index (κ1) is 13.7. The predicted octanol–water partition coefficient (Wildman–Crippen LogP) is 3.67. The zero-order valence-electron chi connectivity index (χ0n) is 11.7. The van der Waals surface area contributed by atoms with Crippen molar-refractivity contribution in [3.05, 3.63) is 34.8 Å². The van der Waals surface area contributed by atoms with Crippen LogP contribution in [-0.4, -0.2) is 22.6 Å². The third kappa shape index (κ3) is 3.64. The minimum atomic E-state index is 0.735. The Labute approximate surface area is 124 Å². The van der Waals surface area contributed by atoms with Gasteiger partial charge >= 0.3 is 0 Å². The fourth-order valence-corrected chi connectivity index (χ4v) is 3.54. The molecule has 2 aromatic heterocycles. The van der Waals surface area contributed by atoms with Crippen molar-refractivity contribution >= 4 is 11.3 Å². The van der Waals surface area contributed by atoms with E-state index in [1.165, 1.54) is 37.1 Å². The predicted molar refractivity (Wildman–Crippen MR) is 83.9 cm³/mol. The summed E-state index contributed by atoms with van der Waals surface area (Å²) in [6.07, 6.45) is 9.72. The number of hydrogen-bond donors (Lipinski definition) is 1. The molecule has 106 valence electrons. The maximum absolute atomic E-state index is 4.68. The van der Waals surface area contributed by atoms with Crippen LogP contribution >= 0.6 is 11.3 Å². The average Bonchev–Trinajstić information content (AvgIpc) is 2.98. The molecule has 0 saturated heterocycles. The van der Waals surface area contributed by atoms with E-state index in [1.54, 1.807) is 11.3 Å². The van der Waals surface area contributed by atoms with E-state index in [0.29, 0.717) is 0 Å². The third-order valence-electron chi connectivity index (χ3n) is 3.86. The SMILES string of the molecule is c1ccc(-c2csc(CCNC3CCCCC3)n2)nc1. The van der Waals surface area contributed by atoms with E-state index in [0.717, 1.165) is 30.4 Å². The minimum Gasteiger partial charge on any atom is -0.314 e. The molecule has 3 nitrogen and oxygen atoms in total. The summed E-state index contributed by atoms with van der Waals surface area (Å²) in [4.78, 5) is 9.02. The highest BCUT2D eigenvalue weighted by molar-refractivity contribution is 7.09. The van der Waals surface area contributed by atoms with Gasteiger partial charge in [-0.2, -0.15) is 0 Å². The molecular weight excluding hydrogens is 266 g/mol. The highest BCUT2D eigenvalue weighted by Crippen LogP contribution is 2.20. The zero-order valence-corrected chi connectivity index (χ0v) is 12.5. The second kappa shape index (κ2) is 6.95. The van der Waals surface area contributed by atoms with Gasteiger partial charge in [0.05, 0.1) is 16.4 Å². The molecule has 3 rings (SSSR count). The average molecular weight is 287 g/mol. The van der Waals surface area contributed by atoms with Crippen molar-refractivity contribution in [2.75, 3.05) is 6.54 Å². The fourth-order valence-electron chi connectivity index (χ4n) is 2.75. The molecule has 1 aliphatic rings. The molecular formula is C16H21N3S. The van der Waals surface area contributed by atoms with Crippen LogP contribution in [0.5, 0.6) is 0 Å². The van der Waals surface area contributed by atoms with Crippen LogP contribution in [0.25, 0.3) is 11.4 Å². The van der Waals surface area contributed by atoms with Crippen molar-refractivity contribution in [3.8, 4) is 11.4 Å². The van der Waals surface area contributed by atoms with Crippen molar-refractivity contribution < 1.29 is 0 Å². The monoisotopic (exact) mass is 287 g/mol. The van der Waals surface area contributed by atoms with Crippen molar-refractivity contribution in [2.45, 2.75) is 44.6 Å². The van der Waals surface area contributed by atoms with E-state index in [-0.39, 0.29) is 0 Å². The van der Waals surface area contributed by atoms with Crippen molar-refractivity contribution in [1.29, 1.82) is 0 Å². The van der Waals surface area contributed by atoms with Crippen molar-refractivity contribution in [3.63, 3.8) is 0 Å². The molecule has 2 aromatic rings. The molecule has 0 atom stereocenters. The summed E-state index contributed by atoms with van der Waals surface area (Å²) in [5.74, 6) is 0. The standard InChI is InChI=1S/C16H21N3S/c1-2-6-13(7-3-1)17-11-9-16-19-15(12-20-16)14-8-4-5-10-18-14/h4-5,8,10,12-13,17H,1-3,6-7,9,11H2. The first-order chi connectivity index (χ1) is 9.92. The quantitative estimate of drug-likeness (QED) is 0.911. The van der Waals surface area contributed by atoms with Gasteiger partial charge in [-0.25, -0.2) is 4.98 Å². The van der Waals surface area contributed by atoms with Gasteiger partial charge < -0.3 is 5.32 Å². The van der Waals surface area contributed by atoms with Gasteiger partial charge in [0.2, 0.25) is 0 Å². The number of hydrogen-bond acceptors (Lipinski definition) is 4. The van der Waals surface area contributed by atoms with Gasteiger partial charge in [-0.05, 0) is 25.0 Å². The number of aromatic nitrogens is 2. The van der Waals surface area contributed by atoms with Crippen molar-refractivity contribution in [1.82, 2.24) is 15.3 Å². The Morgan fingerprint density at radius 3 is 2.85 bits per heavy atom. The molecule has 1 N–H and O–H groups in total. The van der Waals surface area contributed by atoms with Crippen molar-refractivity contribution in [2.24, 2.45) is 0 Å². The van der Waals surface area contributed by atoms with Gasteiger partial charge in [0.25, 0.3) is 0 Å². The molecule has 0 unspecified atom stereocenters. The number of nitrogens with zero attached hydrogens (tertiary/aromatic N) is 2. The number of rotatable bonds is 5. The molecule has 4 heteroatoms. The van der Waals surface area contributed by atoms with Crippen LogP contribution in [0.15, 0.2) is 29.8 Å². The molecule has 1 aliphatic carbocycles. The van der Waals surface area contributed by atoms with Crippen LogP contribution in [0.2, 0.25) is 0 Å². The number of pyridine rings is 1. The van der Waals surface area contributed by atoms with E-state index in [1.807, 2.05) is 24.4 Å². The van der Waals surface area contributed by atoms with E-state index in [4.69, 9.17) is 0 Å². The third-order valence-corrected chi connectivity index (χ3v) is 4.76. The van der Waals surface area contributed by atoms with Crippen LogP contribution in [-0.2, 0) is 6.42 Å². The first-order valence-corrected chi connectivity index (χ1v) is 8.39. The highest BCUT2D eigenvalue weighted by atomic mass is 32.1. The minimum absolute atomic E-state index is 0.735. The fraction of sp³-hybridized carbons (Fsp3) is 0.500. The molecule has 0 aliphatic heterocycles. The highest BCUT2D eigenvalue weighted by Gasteiger charge is 2.12. The van der Waals surface area contributed by atoms with E-state index in [9.17, 15) is 0 Å². The van der Waals surface area contributed by atoms with E-state index >= 15 is 0 Å². The maximum Gasteiger partial charge on any atom is 0.0998 e. The molecule has 0 amide bonds. The van der Waals surface area contributed by atoms with Crippen LogP contribution in [0.4, 0.5) is 0 Å². The largest absolute Gasteiger partial charge is 0.314 e. The molecule has 0 spiro atoms. The smallest absolute Gasteiger partial charge is 0.0998 e. The summed E-state index contributed by atoms with van der Waals surface area (Å²) in [5, 5.41) is 6.98. The second-order valence-electron chi connectivity index (χ2n) is 5.38. The van der Waals surface area contributed by atoms with Gasteiger partial charge in [0.1, 0.15) is 0 Å². The Hall–Kier alpha value is -1.26. The molecule has 1 saturated carbocycles. The Morgan fingerprint density at radius 2 is 2.05 bits per heavy atom. The van der Waals surface area contributed by atoms with E-state index in [2.05, 4.69) is 20.7 Å². The van der Waals surface area contributed by atoms with Crippen LogP contribution in [0.1, 0.15) is 37.1 Å². The normalized spacial score (nSPS) is 16.4. The lowest BCUT2D eigenvalue weighted by atomic mass is 9.95. The molecule has 0 aromatic carbocycles. The van der Waals surface area contributed by atoms with Crippen LogP contribution in [0.3, 0.4) is 0 Å². The lowest BCUT2D eigenvalue weighted by Gasteiger charge is -2.22. The summed E-state index contributed by atoms with van der Waals surface area (Å²) in [7, 11) is 0. The Balaban J connectivity index is 1.50. The van der Waals surface area contributed by atoms with Gasteiger partial charge in [-0.1, -0.05) is 25.3 Å². The maximum atomic E-state index is 4.68. The van der Waals surface area contributed by atoms with Gasteiger partial charge in [-0.15, -0.1) is 11.3 Å². The summed E-state index contributed by atoms with van der Waals surface area (Å²) in [6, 6.07) is 6.69.